The maximum atomic E-state index is 11.1. The number of primary amides is 1. The summed E-state index contributed by atoms with van der Waals surface area (Å²) >= 11 is 0. The minimum atomic E-state index is -0.283. The zero-order valence-corrected chi connectivity index (χ0v) is 11.5. The second-order valence-corrected chi connectivity index (χ2v) is 5.10. The van der Waals surface area contributed by atoms with E-state index in [0.717, 1.165) is 6.54 Å². The number of nitrogens with two attached hydrogens (primary N) is 1. The van der Waals surface area contributed by atoms with Crippen molar-refractivity contribution in [3.63, 3.8) is 0 Å². The van der Waals surface area contributed by atoms with Crippen molar-refractivity contribution >= 4 is 16.7 Å². The molecule has 0 aliphatic rings. The molecule has 2 N–H and O–H groups in total. The molecular weight excluding hydrogens is 236 g/mol. The zero-order chi connectivity index (χ0) is 13.8. The van der Waals surface area contributed by atoms with Gasteiger partial charge in [0, 0.05) is 12.6 Å². The third kappa shape index (κ3) is 3.32. The lowest BCUT2D eigenvalue weighted by molar-refractivity contribution is -0.119. The first-order chi connectivity index (χ1) is 9.08. The van der Waals surface area contributed by atoms with Crippen LogP contribution >= 0.6 is 0 Å². The van der Waals surface area contributed by atoms with Crippen LogP contribution in [0.2, 0.25) is 0 Å². The van der Waals surface area contributed by atoms with Crippen LogP contribution in [0.5, 0.6) is 0 Å². The van der Waals surface area contributed by atoms with Crippen LogP contribution in [0, 0.1) is 0 Å². The Kier molecular flexibility index (Phi) is 4.17. The molecule has 0 spiro atoms. The quantitative estimate of drug-likeness (QED) is 0.893. The van der Waals surface area contributed by atoms with Gasteiger partial charge in [0.15, 0.2) is 0 Å². The minimum absolute atomic E-state index is 0.283. The van der Waals surface area contributed by atoms with E-state index >= 15 is 0 Å². The Bertz CT molecular complexity index is 572. The maximum Gasteiger partial charge on any atom is 0.231 e. The molecular formula is C16H20N2O. The molecule has 0 bridgehead atoms. The molecule has 3 nitrogen and oxygen atoms in total. The van der Waals surface area contributed by atoms with Gasteiger partial charge in [0.1, 0.15) is 0 Å². The maximum absolute atomic E-state index is 11.1. The second kappa shape index (κ2) is 5.85. The Morgan fingerprint density at radius 1 is 1.16 bits per heavy atom. The smallest absolute Gasteiger partial charge is 0.231 e. The van der Waals surface area contributed by atoms with E-state index in [2.05, 4.69) is 49.1 Å². The number of hydrogen-bond donors (Lipinski definition) is 1. The van der Waals surface area contributed by atoms with E-state index in [0.29, 0.717) is 6.54 Å². The summed E-state index contributed by atoms with van der Waals surface area (Å²) in [6.45, 7) is 5.19. The molecule has 0 atom stereocenters. The molecule has 0 aliphatic carbocycles. The van der Waals surface area contributed by atoms with Crippen molar-refractivity contribution in [2.75, 3.05) is 6.54 Å². The molecule has 0 saturated heterocycles. The van der Waals surface area contributed by atoms with Gasteiger partial charge in [-0.05, 0) is 30.2 Å². The molecule has 0 unspecified atom stereocenters. The van der Waals surface area contributed by atoms with E-state index < -0.39 is 0 Å². The highest BCUT2D eigenvalue weighted by Crippen LogP contribution is 2.20. The summed E-state index contributed by atoms with van der Waals surface area (Å²) in [5.74, 6) is -0.283. The van der Waals surface area contributed by atoms with E-state index in [9.17, 15) is 4.79 Å². The third-order valence-electron chi connectivity index (χ3n) is 3.34. The van der Waals surface area contributed by atoms with Gasteiger partial charge < -0.3 is 5.73 Å². The molecule has 0 saturated carbocycles. The SMILES string of the molecule is CC(C)N(CC(N)=O)Cc1cccc2ccccc12. The Hall–Kier alpha value is -1.87. The number of nitrogens with zero attached hydrogens (tertiary/aromatic N) is 1. The summed E-state index contributed by atoms with van der Waals surface area (Å²) in [6.07, 6.45) is 0. The lowest BCUT2D eigenvalue weighted by Gasteiger charge is -2.25. The summed E-state index contributed by atoms with van der Waals surface area (Å²) in [5.41, 5.74) is 6.55. The second-order valence-electron chi connectivity index (χ2n) is 5.10. The summed E-state index contributed by atoms with van der Waals surface area (Å²) in [5, 5.41) is 2.46. The van der Waals surface area contributed by atoms with Crippen LogP contribution in [-0.2, 0) is 11.3 Å². The Balaban J connectivity index is 2.31. The normalized spacial score (nSPS) is 11.4. The fourth-order valence-corrected chi connectivity index (χ4v) is 2.27. The number of amides is 1. The fraction of sp³-hybridized carbons (Fsp3) is 0.312. The van der Waals surface area contributed by atoms with Crippen LogP contribution < -0.4 is 5.73 Å². The van der Waals surface area contributed by atoms with E-state index in [-0.39, 0.29) is 11.9 Å². The van der Waals surface area contributed by atoms with Crippen LogP contribution in [0.1, 0.15) is 19.4 Å². The van der Waals surface area contributed by atoms with Crippen LogP contribution in [-0.4, -0.2) is 23.4 Å². The van der Waals surface area contributed by atoms with Gasteiger partial charge in [-0.3, -0.25) is 9.69 Å². The molecule has 2 rings (SSSR count). The highest BCUT2D eigenvalue weighted by Gasteiger charge is 2.13. The van der Waals surface area contributed by atoms with Crippen molar-refractivity contribution in [1.82, 2.24) is 4.90 Å². The van der Waals surface area contributed by atoms with Gasteiger partial charge in [0.2, 0.25) is 5.91 Å². The molecule has 0 aliphatic heterocycles. The van der Waals surface area contributed by atoms with Crippen LogP contribution in [0.3, 0.4) is 0 Å². The molecule has 19 heavy (non-hydrogen) atoms. The summed E-state index contributed by atoms with van der Waals surface area (Å²) in [7, 11) is 0. The predicted octanol–water partition coefficient (Wildman–Crippen LogP) is 2.54. The van der Waals surface area contributed by atoms with Crippen molar-refractivity contribution < 1.29 is 4.79 Å². The molecule has 1 amide bonds. The standard InChI is InChI=1S/C16H20N2O/c1-12(2)18(11-16(17)19)10-14-8-5-7-13-6-3-4-9-15(13)14/h3-9,12H,10-11H2,1-2H3,(H2,17,19). The van der Waals surface area contributed by atoms with Crippen molar-refractivity contribution in [2.24, 2.45) is 5.73 Å². The number of carbonyl (C=O) groups is 1. The lowest BCUT2D eigenvalue weighted by Crippen LogP contribution is -2.38. The van der Waals surface area contributed by atoms with Crippen molar-refractivity contribution in [1.29, 1.82) is 0 Å². The lowest BCUT2D eigenvalue weighted by atomic mass is 10.0. The molecule has 0 fully saturated rings. The van der Waals surface area contributed by atoms with Gasteiger partial charge in [-0.15, -0.1) is 0 Å². The van der Waals surface area contributed by atoms with Gasteiger partial charge in [-0.25, -0.2) is 0 Å². The third-order valence-corrected chi connectivity index (χ3v) is 3.34. The Labute approximate surface area is 114 Å². The summed E-state index contributed by atoms with van der Waals surface area (Å²) in [6, 6.07) is 14.9. The molecule has 100 valence electrons. The first-order valence-corrected chi connectivity index (χ1v) is 6.57. The first-order valence-electron chi connectivity index (χ1n) is 6.57. The zero-order valence-electron chi connectivity index (χ0n) is 11.5. The van der Waals surface area contributed by atoms with Gasteiger partial charge in [-0.1, -0.05) is 42.5 Å². The first kappa shape index (κ1) is 13.6. The Morgan fingerprint density at radius 3 is 2.53 bits per heavy atom. The molecule has 2 aromatic carbocycles. The Morgan fingerprint density at radius 2 is 1.84 bits per heavy atom. The molecule has 0 heterocycles. The van der Waals surface area contributed by atoms with E-state index in [1.54, 1.807) is 0 Å². The number of fused-ring (bicyclic) bond motifs is 1. The van der Waals surface area contributed by atoms with Crippen LogP contribution in [0.15, 0.2) is 42.5 Å². The molecule has 0 radical (unpaired) electrons. The fourth-order valence-electron chi connectivity index (χ4n) is 2.27. The average Bonchev–Trinajstić information content (AvgIpc) is 2.37. The van der Waals surface area contributed by atoms with Crippen molar-refractivity contribution in [2.45, 2.75) is 26.4 Å². The van der Waals surface area contributed by atoms with Gasteiger partial charge in [0.25, 0.3) is 0 Å². The monoisotopic (exact) mass is 256 g/mol. The van der Waals surface area contributed by atoms with Gasteiger partial charge in [0.05, 0.1) is 6.54 Å². The van der Waals surface area contributed by atoms with Crippen molar-refractivity contribution in [3.05, 3.63) is 48.0 Å². The number of rotatable bonds is 5. The largest absolute Gasteiger partial charge is 0.369 e. The van der Waals surface area contributed by atoms with E-state index in [4.69, 9.17) is 5.73 Å². The minimum Gasteiger partial charge on any atom is -0.369 e. The number of benzene rings is 2. The van der Waals surface area contributed by atoms with Gasteiger partial charge in [-0.2, -0.15) is 0 Å². The highest BCUT2D eigenvalue weighted by atomic mass is 16.1. The van der Waals surface area contributed by atoms with Gasteiger partial charge >= 0.3 is 0 Å². The van der Waals surface area contributed by atoms with E-state index in [1.165, 1.54) is 16.3 Å². The highest BCUT2D eigenvalue weighted by molar-refractivity contribution is 5.85. The van der Waals surface area contributed by atoms with E-state index in [1.807, 2.05) is 12.1 Å². The summed E-state index contributed by atoms with van der Waals surface area (Å²) < 4.78 is 0. The average molecular weight is 256 g/mol. The topological polar surface area (TPSA) is 46.3 Å². The molecule has 2 aromatic rings. The van der Waals surface area contributed by atoms with Crippen molar-refractivity contribution in [3.8, 4) is 0 Å². The van der Waals surface area contributed by atoms with Crippen LogP contribution in [0.25, 0.3) is 10.8 Å². The molecule has 0 aromatic heterocycles. The predicted molar refractivity (Wildman–Crippen MR) is 78.7 cm³/mol. The number of hydrogen-bond acceptors (Lipinski definition) is 2. The number of carbonyl (C=O) groups excluding carboxylic acids is 1. The summed E-state index contributed by atoms with van der Waals surface area (Å²) in [4.78, 5) is 13.2. The molecule has 3 heteroatoms. The van der Waals surface area contributed by atoms with Crippen LogP contribution in [0.4, 0.5) is 0 Å².